The van der Waals surface area contributed by atoms with Gasteiger partial charge in [0.25, 0.3) is 0 Å². The van der Waals surface area contributed by atoms with Crippen LogP contribution in [0, 0.1) is 12.8 Å². The van der Waals surface area contributed by atoms with Gasteiger partial charge in [-0.2, -0.15) is 0 Å². The van der Waals surface area contributed by atoms with Gasteiger partial charge in [0.05, 0.1) is 4.90 Å². The number of nitrogens with one attached hydrogen (secondary N) is 2. The minimum atomic E-state index is -3.33. The molecule has 1 aliphatic rings. The zero-order chi connectivity index (χ0) is 13.2. The molecule has 1 saturated carbocycles. The third-order valence-electron chi connectivity index (χ3n) is 3.35. The molecule has 0 saturated heterocycles. The molecule has 2 rings (SSSR count). The zero-order valence-corrected chi connectivity index (χ0v) is 12.5. The SMILES string of the molecule is CNCc1cc(S(=O)(=O)NCC2CCC2)c(C)s1. The minimum Gasteiger partial charge on any atom is -0.315 e. The predicted molar refractivity (Wildman–Crippen MR) is 74.3 cm³/mol. The Labute approximate surface area is 113 Å². The van der Waals surface area contributed by atoms with Crippen LogP contribution in [0.4, 0.5) is 0 Å². The summed E-state index contributed by atoms with van der Waals surface area (Å²) in [7, 11) is -1.47. The molecule has 1 aromatic heterocycles. The first-order chi connectivity index (χ1) is 8.53. The monoisotopic (exact) mass is 288 g/mol. The van der Waals surface area contributed by atoms with E-state index in [1.54, 1.807) is 6.07 Å². The largest absolute Gasteiger partial charge is 0.315 e. The van der Waals surface area contributed by atoms with Crippen molar-refractivity contribution in [2.75, 3.05) is 13.6 Å². The lowest BCUT2D eigenvalue weighted by atomic mass is 9.86. The van der Waals surface area contributed by atoms with Crippen LogP contribution < -0.4 is 10.0 Å². The Kier molecular flexibility index (Phi) is 4.42. The van der Waals surface area contributed by atoms with Crippen molar-refractivity contribution in [1.29, 1.82) is 0 Å². The average Bonchev–Trinajstić information content (AvgIpc) is 2.58. The molecule has 4 nitrogen and oxygen atoms in total. The van der Waals surface area contributed by atoms with E-state index < -0.39 is 10.0 Å². The second kappa shape index (κ2) is 5.69. The van der Waals surface area contributed by atoms with Crippen LogP contribution in [-0.4, -0.2) is 22.0 Å². The Morgan fingerprint density at radius 1 is 1.44 bits per heavy atom. The van der Waals surface area contributed by atoms with Crippen LogP contribution in [0.5, 0.6) is 0 Å². The molecule has 2 N–H and O–H groups in total. The Hall–Kier alpha value is -0.430. The quantitative estimate of drug-likeness (QED) is 0.840. The summed E-state index contributed by atoms with van der Waals surface area (Å²) < 4.78 is 27.1. The van der Waals surface area contributed by atoms with Gasteiger partial charge in [-0.15, -0.1) is 11.3 Å². The second-order valence-electron chi connectivity index (χ2n) is 4.81. The van der Waals surface area contributed by atoms with Gasteiger partial charge in [0.2, 0.25) is 10.0 Å². The summed E-state index contributed by atoms with van der Waals surface area (Å²) in [6.45, 7) is 3.16. The van der Waals surface area contributed by atoms with Crippen LogP contribution in [0.2, 0.25) is 0 Å². The molecule has 0 bridgehead atoms. The number of hydrogen-bond donors (Lipinski definition) is 2. The summed E-state index contributed by atoms with van der Waals surface area (Å²) in [4.78, 5) is 2.36. The van der Waals surface area contributed by atoms with Gasteiger partial charge in [-0.1, -0.05) is 6.42 Å². The van der Waals surface area contributed by atoms with Gasteiger partial charge in [-0.05, 0) is 38.8 Å². The molecule has 0 unspecified atom stereocenters. The van der Waals surface area contributed by atoms with E-state index in [4.69, 9.17) is 0 Å². The van der Waals surface area contributed by atoms with Crippen molar-refractivity contribution < 1.29 is 8.42 Å². The van der Waals surface area contributed by atoms with Crippen LogP contribution in [0.1, 0.15) is 29.0 Å². The summed E-state index contributed by atoms with van der Waals surface area (Å²) in [5.74, 6) is 0.537. The molecule has 1 aromatic rings. The van der Waals surface area contributed by atoms with Gasteiger partial charge in [0, 0.05) is 22.8 Å². The molecule has 0 amide bonds. The van der Waals surface area contributed by atoms with E-state index in [1.807, 2.05) is 14.0 Å². The van der Waals surface area contributed by atoms with E-state index in [9.17, 15) is 8.42 Å². The first-order valence-electron chi connectivity index (χ1n) is 6.26. The average molecular weight is 288 g/mol. The lowest BCUT2D eigenvalue weighted by molar-refractivity contribution is 0.316. The summed E-state index contributed by atoms with van der Waals surface area (Å²) in [6.07, 6.45) is 3.53. The van der Waals surface area contributed by atoms with E-state index in [2.05, 4.69) is 10.0 Å². The summed E-state index contributed by atoms with van der Waals surface area (Å²) >= 11 is 1.54. The van der Waals surface area contributed by atoms with E-state index in [1.165, 1.54) is 17.8 Å². The van der Waals surface area contributed by atoms with Gasteiger partial charge in [0.15, 0.2) is 0 Å². The number of aryl methyl sites for hydroxylation is 1. The van der Waals surface area contributed by atoms with Crippen LogP contribution in [0.25, 0.3) is 0 Å². The second-order valence-corrected chi connectivity index (χ2v) is 7.89. The molecule has 102 valence electrons. The molecule has 18 heavy (non-hydrogen) atoms. The van der Waals surface area contributed by atoms with Crippen molar-refractivity contribution in [3.05, 3.63) is 15.8 Å². The fourth-order valence-corrected chi connectivity index (χ4v) is 4.82. The van der Waals surface area contributed by atoms with Crippen molar-refractivity contribution >= 4 is 21.4 Å². The number of rotatable bonds is 6. The van der Waals surface area contributed by atoms with Crippen LogP contribution >= 0.6 is 11.3 Å². The number of hydrogen-bond acceptors (Lipinski definition) is 4. The first kappa shape index (κ1) is 14.0. The minimum absolute atomic E-state index is 0.442. The van der Waals surface area contributed by atoms with Crippen molar-refractivity contribution in [3.63, 3.8) is 0 Å². The molecule has 1 heterocycles. The molecule has 0 aliphatic heterocycles. The highest BCUT2D eigenvalue weighted by molar-refractivity contribution is 7.89. The molecular weight excluding hydrogens is 268 g/mol. The van der Waals surface area contributed by atoms with E-state index in [0.717, 1.165) is 22.6 Å². The molecule has 0 spiro atoms. The normalized spacial score (nSPS) is 16.8. The Morgan fingerprint density at radius 2 is 2.17 bits per heavy atom. The molecule has 0 radical (unpaired) electrons. The standard InChI is InChI=1S/C12H20N2O2S2/c1-9-12(6-11(17-9)8-13-2)18(15,16)14-7-10-4-3-5-10/h6,10,13-14H,3-5,7-8H2,1-2H3. The fourth-order valence-electron chi connectivity index (χ4n) is 2.05. The van der Waals surface area contributed by atoms with Crippen molar-refractivity contribution in [2.24, 2.45) is 5.92 Å². The number of sulfonamides is 1. The highest BCUT2D eigenvalue weighted by atomic mass is 32.2. The van der Waals surface area contributed by atoms with Crippen LogP contribution in [0.3, 0.4) is 0 Å². The third-order valence-corrected chi connectivity index (χ3v) is 6.08. The molecule has 6 heteroatoms. The Balaban J connectivity index is 2.07. The lowest BCUT2D eigenvalue weighted by Crippen LogP contribution is -2.32. The maximum absolute atomic E-state index is 12.2. The maximum Gasteiger partial charge on any atom is 0.241 e. The summed E-state index contributed by atoms with van der Waals surface area (Å²) in [5.41, 5.74) is 0. The molecule has 1 fully saturated rings. The number of thiophene rings is 1. The van der Waals surface area contributed by atoms with Crippen LogP contribution in [-0.2, 0) is 16.6 Å². The first-order valence-corrected chi connectivity index (χ1v) is 8.56. The molecular formula is C12H20N2O2S2. The molecule has 0 aromatic carbocycles. The predicted octanol–water partition coefficient (Wildman–Crippen LogP) is 1.85. The van der Waals surface area contributed by atoms with E-state index >= 15 is 0 Å². The fraction of sp³-hybridized carbons (Fsp3) is 0.667. The lowest BCUT2D eigenvalue weighted by Gasteiger charge is -2.25. The smallest absolute Gasteiger partial charge is 0.241 e. The third kappa shape index (κ3) is 3.12. The summed E-state index contributed by atoms with van der Waals surface area (Å²) in [6, 6.07) is 1.78. The highest BCUT2D eigenvalue weighted by Crippen LogP contribution is 2.28. The molecule has 1 aliphatic carbocycles. The van der Waals surface area contributed by atoms with Crippen molar-refractivity contribution in [3.8, 4) is 0 Å². The maximum atomic E-state index is 12.2. The van der Waals surface area contributed by atoms with E-state index in [0.29, 0.717) is 23.9 Å². The van der Waals surface area contributed by atoms with E-state index in [-0.39, 0.29) is 0 Å². The van der Waals surface area contributed by atoms with Gasteiger partial charge in [0.1, 0.15) is 0 Å². The zero-order valence-electron chi connectivity index (χ0n) is 10.8. The van der Waals surface area contributed by atoms with Crippen molar-refractivity contribution in [2.45, 2.75) is 37.6 Å². The highest BCUT2D eigenvalue weighted by Gasteiger charge is 2.23. The Morgan fingerprint density at radius 3 is 2.72 bits per heavy atom. The van der Waals surface area contributed by atoms with Gasteiger partial charge in [-0.25, -0.2) is 13.1 Å². The Bertz CT molecular complexity index is 504. The van der Waals surface area contributed by atoms with Crippen molar-refractivity contribution in [1.82, 2.24) is 10.0 Å². The van der Waals surface area contributed by atoms with Gasteiger partial charge < -0.3 is 5.32 Å². The van der Waals surface area contributed by atoms with Gasteiger partial charge >= 0.3 is 0 Å². The van der Waals surface area contributed by atoms with Crippen LogP contribution in [0.15, 0.2) is 11.0 Å². The summed E-state index contributed by atoms with van der Waals surface area (Å²) in [5, 5.41) is 3.04. The topological polar surface area (TPSA) is 58.2 Å². The molecule has 0 atom stereocenters. The van der Waals surface area contributed by atoms with Gasteiger partial charge in [-0.3, -0.25) is 0 Å².